The van der Waals surface area contributed by atoms with Crippen molar-refractivity contribution in [2.45, 2.75) is 19.4 Å². The lowest BCUT2D eigenvalue weighted by Crippen LogP contribution is -1.99. The van der Waals surface area contributed by atoms with E-state index in [0.717, 1.165) is 17.4 Å². The highest BCUT2D eigenvalue weighted by molar-refractivity contribution is 6.32. The molecule has 0 heterocycles. The first-order valence-corrected chi connectivity index (χ1v) is 5.38. The number of benzene rings is 1. The lowest BCUT2D eigenvalue weighted by Gasteiger charge is -2.11. The van der Waals surface area contributed by atoms with E-state index >= 15 is 0 Å². The molecule has 0 unspecified atom stereocenters. The van der Waals surface area contributed by atoms with Gasteiger partial charge < -0.3 is 14.3 Å². The Bertz CT molecular complexity index is 364. The number of rotatable bonds is 6. The number of hydrogen-bond donors (Lipinski definition) is 0. The first kappa shape index (κ1) is 13.0. The van der Waals surface area contributed by atoms with Crippen LogP contribution in [0.2, 0.25) is 5.02 Å². The van der Waals surface area contributed by atoms with Gasteiger partial charge in [-0.1, -0.05) is 11.6 Å². The molecule has 0 fully saturated rings. The third-order valence-electron chi connectivity index (χ3n) is 2.31. The molecule has 1 aromatic carbocycles. The highest BCUT2D eigenvalue weighted by Gasteiger charge is 2.08. The summed E-state index contributed by atoms with van der Waals surface area (Å²) >= 11 is 6.03. The topological polar surface area (TPSA) is 35.5 Å². The molecule has 16 heavy (non-hydrogen) atoms. The second-order valence-electron chi connectivity index (χ2n) is 3.39. The molecule has 0 radical (unpaired) electrons. The molecule has 1 rings (SSSR count). The standard InChI is InChI=1S/C12H15ClO3/c1-15-8-10-7-12(16-2)11(13)6-9(10)4-3-5-14/h5-7H,3-4,8H2,1-2H3. The molecule has 88 valence electrons. The minimum Gasteiger partial charge on any atom is -0.495 e. The molecule has 0 atom stereocenters. The van der Waals surface area contributed by atoms with Crippen LogP contribution in [0.15, 0.2) is 12.1 Å². The van der Waals surface area contributed by atoms with Gasteiger partial charge in [0, 0.05) is 13.5 Å². The van der Waals surface area contributed by atoms with Crippen molar-refractivity contribution >= 4 is 17.9 Å². The number of methoxy groups -OCH3 is 2. The maximum Gasteiger partial charge on any atom is 0.137 e. The van der Waals surface area contributed by atoms with E-state index in [2.05, 4.69) is 0 Å². The summed E-state index contributed by atoms with van der Waals surface area (Å²) in [6.07, 6.45) is 2.06. The second kappa shape index (κ2) is 6.51. The highest BCUT2D eigenvalue weighted by Crippen LogP contribution is 2.29. The van der Waals surface area contributed by atoms with E-state index in [1.807, 2.05) is 12.1 Å². The van der Waals surface area contributed by atoms with Crippen LogP contribution in [0, 0.1) is 0 Å². The number of aldehydes is 1. The van der Waals surface area contributed by atoms with Crippen LogP contribution in [0.25, 0.3) is 0 Å². The first-order valence-electron chi connectivity index (χ1n) is 5.00. The monoisotopic (exact) mass is 242 g/mol. The molecule has 0 aliphatic carbocycles. The Kier molecular flexibility index (Phi) is 5.29. The van der Waals surface area contributed by atoms with E-state index < -0.39 is 0 Å². The Morgan fingerprint density at radius 2 is 2.06 bits per heavy atom. The average molecular weight is 243 g/mol. The van der Waals surface area contributed by atoms with Crippen molar-refractivity contribution in [3.05, 3.63) is 28.3 Å². The molecule has 1 aromatic rings. The molecule has 0 aliphatic rings. The Morgan fingerprint density at radius 1 is 1.31 bits per heavy atom. The molecular formula is C12H15ClO3. The first-order chi connectivity index (χ1) is 7.72. The van der Waals surface area contributed by atoms with Crippen molar-refractivity contribution in [2.24, 2.45) is 0 Å². The van der Waals surface area contributed by atoms with Crippen LogP contribution in [-0.4, -0.2) is 20.5 Å². The van der Waals surface area contributed by atoms with Crippen molar-refractivity contribution in [1.82, 2.24) is 0 Å². The van der Waals surface area contributed by atoms with Gasteiger partial charge in [0.2, 0.25) is 0 Å². The molecule has 0 aromatic heterocycles. The van der Waals surface area contributed by atoms with E-state index in [9.17, 15) is 4.79 Å². The van der Waals surface area contributed by atoms with E-state index in [1.54, 1.807) is 14.2 Å². The zero-order valence-electron chi connectivity index (χ0n) is 9.46. The summed E-state index contributed by atoms with van der Waals surface area (Å²) in [5.41, 5.74) is 2.03. The summed E-state index contributed by atoms with van der Waals surface area (Å²) in [7, 11) is 3.20. The Labute approximate surface area is 100 Å². The van der Waals surface area contributed by atoms with E-state index in [0.29, 0.717) is 30.2 Å². The van der Waals surface area contributed by atoms with Crippen molar-refractivity contribution in [2.75, 3.05) is 14.2 Å². The summed E-state index contributed by atoms with van der Waals surface area (Å²) in [4.78, 5) is 10.4. The van der Waals surface area contributed by atoms with Gasteiger partial charge in [0.15, 0.2) is 0 Å². The number of hydrogen-bond acceptors (Lipinski definition) is 3. The Morgan fingerprint density at radius 3 is 2.62 bits per heavy atom. The summed E-state index contributed by atoms with van der Waals surface area (Å²) in [6.45, 7) is 0.488. The molecule has 0 amide bonds. The molecule has 0 saturated carbocycles. The van der Waals surface area contributed by atoms with Crippen LogP contribution in [-0.2, 0) is 22.6 Å². The molecule has 4 heteroatoms. The fourth-order valence-electron chi connectivity index (χ4n) is 1.53. The number of aryl methyl sites for hydroxylation is 1. The molecule has 0 saturated heterocycles. The van der Waals surface area contributed by atoms with Crippen molar-refractivity contribution in [1.29, 1.82) is 0 Å². The van der Waals surface area contributed by atoms with Gasteiger partial charge in [0.25, 0.3) is 0 Å². The van der Waals surface area contributed by atoms with Crippen molar-refractivity contribution in [3.8, 4) is 5.75 Å². The summed E-state index contributed by atoms with van der Waals surface area (Å²) in [6, 6.07) is 3.68. The summed E-state index contributed by atoms with van der Waals surface area (Å²) in [5.74, 6) is 0.628. The van der Waals surface area contributed by atoms with Gasteiger partial charge in [-0.2, -0.15) is 0 Å². The van der Waals surface area contributed by atoms with Crippen molar-refractivity contribution < 1.29 is 14.3 Å². The third kappa shape index (κ3) is 3.22. The number of carbonyl (C=O) groups is 1. The van der Waals surface area contributed by atoms with Gasteiger partial charge in [-0.25, -0.2) is 0 Å². The van der Waals surface area contributed by atoms with E-state index in [4.69, 9.17) is 21.1 Å². The number of carbonyl (C=O) groups excluding carboxylic acids is 1. The molecule has 3 nitrogen and oxygen atoms in total. The predicted molar refractivity (Wildman–Crippen MR) is 63.1 cm³/mol. The second-order valence-corrected chi connectivity index (χ2v) is 3.80. The molecule has 0 bridgehead atoms. The van der Waals surface area contributed by atoms with Gasteiger partial charge in [0.1, 0.15) is 12.0 Å². The molecular weight excluding hydrogens is 228 g/mol. The molecule has 0 spiro atoms. The average Bonchev–Trinajstić information content (AvgIpc) is 2.29. The maximum atomic E-state index is 10.4. The van der Waals surface area contributed by atoms with Gasteiger partial charge in [0.05, 0.1) is 18.7 Å². The van der Waals surface area contributed by atoms with Gasteiger partial charge in [-0.3, -0.25) is 0 Å². The zero-order chi connectivity index (χ0) is 12.0. The largest absolute Gasteiger partial charge is 0.495 e. The molecule has 0 N–H and O–H groups in total. The zero-order valence-corrected chi connectivity index (χ0v) is 10.2. The van der Waals surface area contributed by atoms with Gasteiger partial charge >= 0.3 is 0 Å². The lowest BCUT2D eigenvalue weighted by atomic mass is 10.0. The van der Waals surface area contributed by atoms with Crippen LogP contribution in [0.5, 0.6) is 5.75 Å². The highest BCUT2D eigenvalue weighted by atomic mass is 35.5. The van der Waals surface area contributed by atoms with Crippen molar-refractivity contribution in [3.63, 3.8) is 0 Å². The smallest absolute Gasteiger partial charge is 0.137 e. The fourth-order valence-corrected chi connectivity index (χ4v) is 1.79. The van der Waals surface area contributed by atoms with Crippen LogP contribution in [0.4, 0.5) is 0 Å². The minimum absolute atomic E-state index is 0.485. The van der Waals surface area contributed by atoms with Crippen LogP contribution in [0.3, 0.4) is 0 Å². The van der Waals surface area contributed by atoms with Crippen LogP contribution in [0.1, 0.15) is 17.5 Å². The quantitative estimate of drug-likeness (QED) is 0.720. The maximum absolute atomic E-state index is 10.4. The summed E-state index contributed by atoms with van der Waals surface area (Å²) < 4.78 is 10.2. The Balaban J connectivity index is 3.02. The van der Waals surface area contributed by atoms with Gasteiger partial charge in [-0.15, -0.1) is 0 Å². The normalized spacial score (nSPS) is 10.2. The number of halogens is 1. The predicted octanol–water partition coefficient (Wildman–Crippen LogP) is 2.63. The fraction of sp³-hybridized carbons (Fsp3) is 0.417. The third-order valence-corrected chi connectivity index (χ3v) is 2.60. The van der Waals surface area contributed by atoms with Crippen LogP contribution < -0.4 is 4.74 Å². The summed E-state index contributed by atoms with van der Waals surface area (Å²) in [5, 5.41) is 0.559. The van der Waals surface area contributed by atoms with E-state index in [1.165, 1.54) is 0 Å². The molecule has 0 aliphatic heterocycles. The van der Waals surface area contributed by atoms with Gasteiger partial charge in [-0.05, 0) is 29.7 Å². The SMILES string of the molecule is COCc1cc(OC)c(Cl)cc1CCC=O. The minimum atomic E-state index is 0.485. The lowest BCUT2D eigenvalue weighted by molar-refractivity contribution is -0.107. The van der Waals surface area contributed by atoms with E-state index in [-0.39, 0.29) is 0 Å². The van der Waals surface area contributed by atoms with Crippen LogP contribution >= 0.6 is 11.6 Å². The Hall–Kier alpha value is -1.06. The number of ether oxygens (including phenoxy) is 2.